The van der Waals surface area contributed by atoms with Gasteiger partial charge in [-0.2, -0.15) is 0 Å². The molecule has 4 heteroatoms. The van der Waals surface area contributed by atoms with Gasteiger partial charge in [0.25, 0.3) is 0 Å². The van der Waals surface area contributed by atoms with Crippen molar-refractivity contribution in [2.75, 3.05) is 0 Å². The molecular formula is C11H15NO2S. The van der Waals surface area contributed by atoms with Crippen molar-refractivity contribution >= 4 is 17.3 Å². The lowest BCUT2D eigenvalue weighted by molar-refractivity contribution is -0.143. The summed E-state index contributed by atoms with van der Waals surface area (Å²) in [6.45, 7) is 4.21. The van der Waals surface area contributed by atoms with E-state index in [0.29, 0.717) is 12.3 Å². The first-order valence-corrected chi connectivity index (χ1v) is 6.09. The predicted molar refractivity (Wildman–Crippen MR) is 59.2 cm³/mol. The fourth-order valence-electron chi connectivity index (χ4n) is 1.63. The molecule has 0 aliphatic heterocycles. The molecule has 0 amide bonds. The highest BCUT2D eigenvalue weighted by molar-refractivity contribution is 7.09. The second kappa shape index (κ2) is 3.59. The lowest BCUT2D eigenvalue weighted by Crippen LogP contribution is -2.17. The van der Waals surface area contributed by atoms with Gasteiger partial charge < -0.3 is 5.11 Å². The highest BCUT2D eigenvalue weighted by Crippen LogP contribution is 2.48. The first-order chi connectivity index (χ1) is 7.03. The van der Waals surface area contributed by atoms with E-state index in [2.05, 4.69) is 18.8 Å². The van der Waals surface area contributed by atoms with Crippen molar-refractivity contribution < 1.29 is 9.90 Å². The molecule has 0 radical (unpaired) electrons. The summed E-state index contributed by atoms with van der Waals surface area (Å²) >= 11 is 1.63. The Bertz CT molecular complexity index is 380. The maximum absolute atomic E-state index is 11.0. The van der Waals surface area contributed by atoms with Crippen LogP contribution in [0.3, 0.4) is 0 Å². The molecule has 1 saturated carbocycles. The molecule has 2 rings (SSSR count). The van der Waals surface area contributed by atoms with E-state index in [9.17, 15) is 4.79 Å². The van der Waals surface area contributed by atoms with Crippen LogP contribution in [0.1, 0.15) is 43.3 Å². The fourth-order valence-corrected chi connectivity index (χ4v) is 2.47. The summed E-state index contributed by atoms with van der Waals surface area (Å²) in [7, 11) is 0. The van der Waals surface area contributed by atoms with Crippen LogP contribution in [0.4, 0.5) is 0 Å². The van der Waals surface area contributed by atoms with Gasteiger partial charge in [-0.25, -0.2) is 4.98 Å². The molecule has 1 fully saturated rings. The smallest absolute Gasteiger partial charge is 0.310 e. The molecule has 0 atom stereocenters. The van der Waals surface area contributed by atoms with E-state index >= 15 is 0 Å². The molecule has 82 valence electrons. The van der Waals surface area contributed by atoms with Crippen molar-refractivity contribution in [2.45, 2.75) is 39.0 Å². The summed E-state index contributed by atoms with van der Waals surface area (Å²) < 4.78 is 0. The Balaban J connectivity index is 2.08. The Labute approximate surface area is 93.2 Å². The van der Waals surface area contributed by atoms with Crippen molar-refractivity contribution in [3.8, 4) is 0 Å². The molecule has 0 saturated heterocycles. The second-order valence-corrected chi connectivity index (χ2v) is 5.48. The van der Waals surface area contributed by atoms with E-state index in [4.69, 9.17) is 5.11 Å². The molecule has 3 nitrogen and oxygen atoms in total. The third kappa shape index (κ3) is 2.04. The number of rotatable bonds is 4. The molecule has 0 aromatic carbocycles. The number of carboxylic acids is 1. The van der Waals surface area contributed by atoms with Gasteiger partial charge >= 0.3 is 5.97 Å². The lowest BCUT2D eigenvalue weighted by atomic mass is 10.0. The minimum Gasteiger partial charge on any atom is -0.481 e. The molecule has 1 aliphatic rings. The Morgan fingerprint density at radius 1 is 1.67 bits per heavy atom. The first kappa shape index (κ1) is 10.6. The number of carboxylic acid groups (broad SMARTS) is 1. The Kier molecular flexibility index (Phi) is 2.54. The molecule has 0 unspecified atom stereocenters. The minimum absolute atomic E-state index is 0.434. The zero-order valence-corrected chi connectivity index (χ0v) is 9.80. The van der Waals surface area contributed by atoms with Gasteiger partial charge in [0.1, 0.15) is 0 Å². The van der Waals surface area contributed by atoms with Crippen molar-refractivity contribution in [1.82, 2.24) is 4.98 Å². The molecule has 1 aliphatic carbocycles. The van der Waals surface area contributed by atoms with Crippen LogP contribution in [0, 0.1) is 5.41 Å². The largest absolute Gasteiger partial charge is 0.481 e. The van der Waals surface area contributed by atoms with Crippen molar-refractivity contribution in [3.63, 3.8) is 0 Å². The van der Waals surface area contributed by atoms with E-state index in [1.54, 1.807) is 11.3 Å². The number of nitrogens with zero attached hydrogens (tertiary/aromatic N) is 1. The molecule has 1 aromatic rings. The highest BCUT2D eigenvalue weighted by atomic mass is 32.1. The lowest BCUT2D eigenvalue weighted by Gasteiger charge is -2.06. The number of hydrogen-bond donors (Lipinski definition) is 1. The van der Waals surface area contributed by atoms with Gasteiger partial charge in [0.05, 0.1) is 16.1 Å². The number of aromatic nitrogens is 1. The van der Waals surface area contributed by atoms with Crippen molar-refractivity contribution in [1.29, 1.82) is 0 Å². The van der Waals surface area contributed by atoms with Crippen LogP contribution in [-0.2, 0) is 11.2 Å². The van der Waals surface area contributed by atoms with Crippen LogP contribution in [0.2, 0.25) is 0 Å². The summed E-state index contributed by atoms with van der Waals surface area (Å²) in [4.78, 5) is 15.5. The average Bonchev–Trinajstić information content (AvgIpc) is 2.76. The van der Waals surface area contributed by atoms with Gasteiger partial charge in [0, 0.05) is 17.7 Å². The summed E-state index contributed by atoms with van der Waals surface area (Å²) in [6, 6.07) is 0. The average molecular weight is 225 g/mol. The van der Waals surface area contributed by atoms with Gasteiger partial charge in [-0.3, -0.25) is 4.79 Å². The van der Waals surface area contributed by atoms with Crippen LogP contribution < -0.4 is 0 Å². The van der Waals surface area contributed by atoms with E-state index in [1.165, 1.54) is 0 Å². The van der Waals surface area contributed by atoms with Gasteiger partial charge in [0.2, 0.25) is 0 Å². The third-order valence-corrected chi connectivity index (χ3v) is 4.08. The maximum Gasteiger partial charge on any atom is 0.310 e. The van der Waals surface area contributed by atoms with Crippen LogP contribution in [-0.4, -0.2) is 16.1 Å². The molecule has 1 heterocycles. The fraction of sp³-hybridized carbons (Fsp3) is 0.636. The van der Waals surface area contributed by atoms with Gasteiger partial charge in [-0.15, -0.1) is 11.3 Å². The first-order valence-electron chi connectivity index (χ1n) is 5.21. The standard InChI is InChI=1S/C11H15NO2S/c1-7(2)9-12-8(6-15-9)5-11(3-4-11)10(13)14/h6-7H,3-5H2,1-2H3,(H,13,14). The van der Waals surface area contributed by atoms with Crippen LogP contribution >= 0.6 is 11.3 Å². The summed E-state index contributed by atoms with van der Waals surface area (Å²) in [5, 5.41) is 12.2. The molecule has 1 aromatic heterocycles. The maximum atomic E-state index is 11.0. The van der Waals surface area contributed by atoms with Gasteiger partial charge in [-0.1, -0.05) is 13.8 Å². The quantitative estimate of drug-likeness (QED) is 0.857. The van der Waals surface area contributed by atoms with E-state index in [0.717, 1.165) is 23.5 Å². The molecular weight excluding hydrogens is 210 g/mol. The van der Waals surface area contributed by atoms with E-state index in [-0.39, 0.29) is 0 Å². The normalized spacial score (nSPS) is 18.1. The third-order valence-electron chi connectivity index (χ3n) is 2.89. The topological polar surface area (TPSA) is 50.2 Å². The van der Waals surface area contributed by atoms with E-state index < -0.39 is 11.4 Å². The van der Waals surface area contributed by atoms with Crippen LogP contribution in [0.5, 0.6) is 0 Å². The van der Waals surface area contributed by atoms with Gasteiger partial charge in [0.15, 0.2) is 0 Å². The summed E-state index contributed by atoms with van der Waals surface area (Å²) in [5.41, 5.74) is 0.464. The zero-order valence-electron chi connectivity index (χ0n) is 8.99. The molecule has 1 N–H and O–H groups in total. The summed E-state index contributed by atoms with van der Waals surface area (Å²) in [6.07, 6.45) is 2.21. The molecule has 0 spiro atoms. The Morgan fingerprint density at radius 3 is 2.73 bits per heavy atom. The number of carbonyl (C=O) groups is 1. The SMILES string of the molecule is CC(C)c1nc(CC2(C(=O)O)CC2)cs1. The molecule has 0 bridgehead atoms. The number of aliphatic carboxylic acids is 1. The second-order valence-electron chi connectivity index (χ2n) is 4.59. The van der Waals surface area contributed by atoms with Crippen LogP contribution in [0.15, 0.2) is 5.38 Å². The highest BCUT2D eigenvalue weighted by Gasteiger charge is 2.50. The number of hydrogen-bond acceptors (Lipinski definition) is 3. The Morgan fingerprint density at radius 2 is 2.33 bits per heavy atom. The van der Waals surface area contributed by atoms with Crippen molar-refractivity contribution in [2.24, 2.45) is 5.41 Å². The van der Waals surface area contributed by atoms with Crippen LogP contribution in [0.25, 0.3) is 0 Å². The summed E-state index contributed by atoms with van der Waals surface area (Å²) in [5.74, 6) is -0.231. The molecule has 15 heavy (non-hydrogen) atoms. The number of thiazole rings is 1. The van der Waals surface area contributed by atoms with Gasteiger partial charge in [-0.05, 0) is 12.8 Å². The Hall–Kier alpha value is -0.900. The monoisotopic (exact) mass is 225 g/mol. The predicted octanol–water partition coefficient (Wildman–Crippen LogP) is 2.67. The zero-order chi connectivity index (χ0) is 11.1. The van der Waals surface area contributed by atoms with E-state index in [1.807, 2.05) is 5.38 Å². The van der Waals surface area contributed by atoms with Crippen molar-refractivity contribution in [3.05, 3.63) is 16.1 Å². The minimum atomic E-state index is -0.665.